The summed E-state index contributed by atoms with van der Waals surface area (Å²) >= 11 is 0. The third kappa shape index (κ3) is 5.29. The van der Waals surface area contributed by atoms with E-state index in [9.17, 15) is 0 Å². The number of terminal acetylenes is 2. The maximum atomic E-state index is 5.52. The van der Waals surface area contributed by atoms with Gasteiger partial charge in [0.1, 0.15) is 0 Å². The summed E-state index contributed by atoms with van der Waals surface area (Å²) in [6.07, 6.45) is 17.4. The maximum Gasteiger partial charge on any atom is 0 e. The molecule has 0 aliphatic heterocycles. The smallest absolute Gasteiger partial charge is 0 e. The first-order valence-electron chi connectivity index (χ1n) is 5.17. The van der Waals surface area contributed by atoms with E-state index in [1.54, 1.807) is 0 Å². The third-order valence-corrected chi connectivity index (χ3v) is 5.89. The molecule has 4 atom stereocenters. The van der Waals surface area contributed by atoms with Crippen molar-refractivity contribution in [3.8, 4) is 24.2 Å². The van der Waals surface area contributed by atoms with Gasteiger partial charge in [0.2, 0.25) is 0 Å². The van der Waals surface area contributed by atoms with Gasteiger partial charge in [-0.25, -0.2) is 0 Å². The van der Waals surface area contributed by atoms with Gasteiger partial charge in [-0.3, -0.25) is 0 Å². The number of hydrogen-bond acceptors (Lipinski definition) is 0. The summed E-state index contributed by atoms with van der Waals surface area (Å²) in [4.78, 5) is 0. The van der Waals surface area contributed by atoms with Gasteiger partial charge in [-0.2, -0.15) is 0 Å². The third-order valence-electron chi connectivity index (χ3n) is 3.06. The molecule has 0 N–H and O–H groups in total. The fourth-order valence-corrected chi connectivity index (χ4v) is 4.64. The van der Waals surface area contributed by atoms with Crippen LogP contribution < -0.4 is 0 Å². The number of hydrogen-bond donors (Lipinski definition) is 0. The summed E-state index contributed by atoms with van der Waals surface area (Å²) in [7, 11) is 0.548. The van der Waals surface area contributed by atoms with Crippen LogP contribution in [0.4, 0.5) is 0 Å². The van der Waals surface area contributed by atoms with Crippen LogP contribution in [0.25, 0.3) is 0 Å². The molecule has 1 aliphatic carbocycles. The van der Waals surface area contributed by atoms with Crippen molar-refractivity contribution in [3.05, 3.63) is 0 Å². The van der Waals surface area contributed by atoms with Crippen LogP contribution in [0.3, 0.4) is 0 Å². The standard InChI is InChI=1S/C12H18P2.Y/c1-4-13-10-9-11-7-6-8-12(11)14(3)5-2;/h1-2,11-13H,6-10H2,3H3;. The van der Waals surface area contributed by atoms with E-state index in [2.05, 4.69) is 18.0 Å². The molecule has 1 saturated carbocycles. The molecule has 1 aliphatic rings. The minimum atomic E-state index is -0.160. The van der Waals surface area contributed by atoms with E-state index in [-0.39, 0.29) is 40.6 Å². The van der Waals surface area contributed by atoms with Gasteiger partial charge in [-0.15, -0.1) is 12.8 Å². The molecule has 0 bridgehead atoms. The Morgan fingerprint density at radius 2 is 2.13 bits per heavy atom. The summed E-state index contributed by atoms with van der Waals surface area (Å²) < 4.78 is 0. The second kappa shape index (κ2) is 9.15. The first-order chi connectivity index (χ1) is 6.79. The van der Waals surface area contributed by atoms with Crippen molar-refractivity contribution < 1.29 is 32.7 Å². The van der Waals surface area contributed by atoms with Gasteiger partial charge in [0, 0.05) is 32.7 Å². The van der Waals surface area contributed by atoms with Crippen LogP contribution in [-0.4, -0.2) is 18.5 Å². The first kappa shape index (κ1) is 16.1. The fourth-order valence-electron chi connectivity index (χ4n) is 2.29. The summed E-state index contributed by atoms with van der Waals surface area (Å²) in [6.45, 7) is 2.25. The quantitative estimate of drug-likeness (QED) is 0.423. The van der Waals surface area contributed by atoms with Crippen molar-refractivity contribution in [2.45, 2.75) is 31.3 Å². The molecule has 0 nitrogen and oxygen atoms in total. The molecule has 4 unspecified atom stereocenters. The van der Waals surface area contributed by atoms with E-state index in [0.717, 1.165) is 11.6 Å². The SMILES string of the molecule is C#CPCCC1CCCC1P(C)C#C.[Y]. The Hall–Kier alpha value is 1.08. The van der Waals surface area contributed by atoms with Crippen LogP contribution >= 0.6 is 16.5 Å². The van der Waals surface area contributed by atoms with Crippen LogP contribution in [0.2, 0.25) is 0 Å². The Bertz CT molecular complexity index is 251. The zero-order chi connectivity index (χ0) is 10.4. The molecular weight excluding hydrogens is 295 g/mol. The Morgan fingerprint density at radius 1 is 1.40 bits per heavy atom. The average molecular weight is 313 g/mol. The minimum Gasteiger partial charge on any atom is -0.116 e. The van der Waals surface area contributed by atoms with Crippen molar-refractivity contribution in [2.75, 3.05) is 12.8 Å². The second-order valence-corrected chi connectivity index (χ2v) is 7.14. The molecule has 1 rings (SSSR count). The molecule has 0 aromatic heterocycles. The summed E-state index contributed by atoms with van der Waals surface area (Å²) in [5, 5.41) is 0. The van der Waals surface area contributed by atoms with Crippen LogP contribution in [0, 0.1) is 30.1 Å². The van der Waals surface area contributed by atoms with Gasteiger partial charge in [0.15, 0.2) is 0 Å². The van der Waals surface area contributed by atoms with Gasteiger partial charge in [0.05, 0.1) is 0 Å². The molecule has 3 heteroatoms. The molecule has 0 aromatic carbocycles. The van der Waals surface area contributed by atoms with Crippen molar-refractivity contribution in [2.24, 2.45) is 5.92 Å². The van der Waals surface area contributed by atoms with E-state index in [0.29, 0.717) is 8.58 Å². The Kier molecular flexibility index (Phi) is 9.81. The topological polar surface area (TPSA) is 0 Å². The fraction of sp³-hybridized carbons (Fsp3) is 0.667. The van der Waals surface area contributed by atoms with Crippen molar-refractivity contribution >= 4 is 16.5 Å². The van der Waals surface area contributed by atoms with E-state index >= 15 is 0 Å². The Morgan fingerprint density at radius 3 is 2.73 bits per heavy atom. The second-order valence-electron chi connectivity index (χ2n) is 3.86. The summed E-state index contributed by atoms with van der Waals surface area (Å²) in [6, 6.07) is 0. The molecule has 0 spiro atoms. The first-order valence-corrected chi connectivity index (χ1v) is 8.23. The predicted molar refractivity (Wildman–Crippen MR) is 69.4 cm³/mol. The molecule has 79 valence electrons. The van der Waals surface area contributed by atoms with Gasteiger partial charge in [-0.05, 0) is 60.2 Å². The van der Waals surface area contributed by atoms with Crippen LogP contribution in [0.5, 0.6) is 0 Å². The summed E-state index contributed by atoms with van der Waals surface area (Å²) in [5.41, 5.74) is 6.53. The van der Waals surface area contributed by atoms with Crippen LogP contribution in [-0.2, 0) is 32.7 Å². The molecule has 0 amide bonds. The van der Waals surface area contributed by atoms with Crippen molar-refractivity contribution in [1.82, 2.24) is 0 Å². The van der Waals surface area contributed by atoms with Gasteiger partial charge in [0.25, 0.3) is 0 Å². The van der Waals surface area contributed by atoms with Crippen molar-refractivity contribution in [3.63, 3.8) is 0 Å². The largest absolute Gasteiger partial charge is 0.116 e. The molecule has 1 radical (unpaired) electrons. The summed E-state index contributed by atoms with van der Waals surface area (Å²) in [5.74, 6) is 0.878. The maximum absolute atomic E-state index is 5.52. The molecule has 15 heavy (non-hydrogen) atoms. The van der Waals surface area contributed by atoms with Gasteiger partial charge >= 0.3 is 0 Å². The van der Waals surface area contributed by atoms with E-state index in [1.165, 1.54) is 31.8 Å². The molecule has 1 fully saturated rings. The molecule has 0 aromatic rings. The molecular formula is C12H18P2Y. The zero-order valence-electron chi connectivity index (χ0n) is 9.37. The van der Waals surface area contributed by atoms with Crippen LogP contribution in [0.15, 0.2) is 0 Å². The normalized spacial score (nSPS) is 26.9. The van der Waals surface area contributed by atoms with Gasteiger partial charge < -0.3 is 0 Å². The predicted octanol–water partition coefficient (Wildman–Crippen LogP) is 3.51. The van der Waals surface area contributed by atoms with Crippen molar-refractivity contribution in [1.29, 1.82) is 0 Å². The Balaban J connectivity index is 0.00000196. The molecule has 0 heterocycles. The van der Waals surface area contributed by atoms with Crippen LogP contribution in [0.1, 0.15) is 25.7 Å². The van der Waals surface area contributed by atoms with Gasteiger partial charge in [-0.1, -0.05) is 17.7 Å². The average Bonchev–Trinajstić information content (AvgIpc) is 2.65. The van der Waals surface area contributed by atoms with E-state index < -0.39 is 0 Å². The molecule has 0 saturated heterocycles. The number of rotatable bonds is 4. The zero-order valence-corrected chi connectivity index (χ0v) is 14.1. The monoisotopic (exact) mass is 313 g/mol. The van der Waals surface area contributed by atoms with E-state index in [1.807, 2.05) is 0 Å². The Labute approximate surface area is 123 Å². The van der Waals surface area contributed by atoms with E-state index in [4.69, 9.17) is 12.8 Å². The minimum absolute atomic E-state index is 0.